The molecule has 0 aliphatic carbocycles. The van der Waals surface area contributed by atoms with Crippen molar-refractivity contribution in [3.8, 4) is 28.2 Å². The summed E-state index contributed by atoms with van der Waals surface area (Å²) in [4.78, 5) is -0.213. The molecule has 32 heavy (non-hydrogen) atoms. The molecule has 4 aromatic rings. The number of aromatic amines is 1. The standard InChI is InChI=1S/C20H15F4N5O2S/c1-11-15(8-12(9-16(11)21)17-6-7-26-27-17)18-10-19(20(22,23)24)28-29(18)13-2-4-14(5-3-13)32(25,30)31/h2-10H,1H3,(H,26,27)(H2,25,30,31). The molecule has 2 aromatic carbocycles. The summed E-state index contributed by atoms with van der Waals surface area (Å²) in [5.74, 6) is -0.627. The molecular weight excluding hydrogens is 450 g/mol. The molecule has 0 saturated carbocycles. The first-order valence-electron chi connectivity index (χ1n) is 9.06. The summed E-state index contributed by atoms with van der Waals surface area (Å²) in [6, 6.07) is 10.0. The third-order valence-electron chi connectivity index (χ3n) is 4.84. The molecule has 0 aliphatic rings. The Kier molecular flexibility index (Phi) is 5.13. The lowest BCUT2D eigenvalue weighted by Gasteiger charge is -2.13. The van der Waals surface area contributed by atoms with Crippen LogP contribution in [0, 0.1) is 12.7 Å². The highest BCUT2D eigenvalue weighted by Crippen LogP contribution is 2.36. The summed E-state index contributed by atoms with van der Waals surface area (Å²) in [7, 11) is -3.99. The maximum atomic E-state index is 14.7. The Labute approximate surface area is 179 Å². The van der Waals surface area contributed by atoms with Crippen LogP contribution in [0.5, 0.6) is 0 Å². The molecule has 166 valence electrons. The molecule has 3 N–H and O–H groups in total. The third kappa shape index (κ3) is 4.01. The first-order valence-corrected chi connectivity index (χ1v) is 10.6. The minimum absolute atomic E-state index is 0.0292. The van der Waals surface area contributed by atoms with Crippen LogP contribution in [-0.4, -0.2) is 28.4 Å². The Balaban J connectivity index is 1.95. The smallest absolute Gasteiger partial charge is 0.278 e. The zero-order valence-corrected chi connectivity index (χ0v) is 17.2. The number of benzene rings is 2. The largest absolute Gasteiger partial charge is 0.435 e. The molecule has 0 spiro atoms. The number of aromatic nitrogens is 4. The molecule has 0 atom stereocenters. The van der Waals surface area contributed by atoms with E-state index in [-0.39, 0.29) is 27.4 Å². The number of nitrogens with two attached hydrogens (primary N) is 1. The average Bonchev–Trinajstić information content (AvgIpc) is 3.39. The quantitative estimate of drug-likeness (QED) is 0.444. The molecule has 7 nitrogen and oxygen atoms in total. The number of alkyl halides is 3. The highest BCUT2D eigenvalue weighted by atomic mass is 32.2. The summed E-state index contributed by atoms with van der Waals surface area (Å²) < 4.78 is 79.0. The Bertz CT molecular complexity index is 1390. The molecule has 0 radical (unpaired) electrons. The van der Waals surface area contributed by atoms with Crippen molar-refractivity contribution >= 4 is 10.0 Å². The van der Waals surface area contributed by atoms with E-state index in [1.807, 2.05) is 0 Å². The zero-order valence-electron chi connectivity index (χ0n) is 16.4. The van der Waals surface area contributed by atoms with E-state index in [1.54, 1.807) is 6.07 Å². The first kappa shape index (κ1) is 21.7. The van der Waals surface area contributed by atoms with Crippen LogP contribution in [-0.2, 0) is 16.2 Å². The van der Waals surface area contributed by atoms with Gasteiger partial charge < -0.3 is 0 Å². The second-order valence-electron chi connectivity index (χ2n) is 6.96. The van der Waals surface area contributed by atoms with Gasteiger partial charge in [-0.25, -0.2) is 22.6 Å². The molecule has 0 aliphatic heterocycles. The fraction of sp³-hybridized carbons (Fsp3) is 0.100. The predicted molar refractivity (Wildman–Crippen MR) is 108 cm³/mol. The van der Waals surface area contributed by atoms with E-state index in [2.05, 4.69) is 15.3 Å². The third-order valence-corrected chi connectivity index (χ3v) is 5.77. The zero-order chi connectivity index (χ0) is 23.3. The molecule has 12 heteroatoms. The number of sulfonamides is 1. The fourth-order valence-corrected chi connectivity index (χ4v) is 3.72. The van der Waals surface area contributed by atoms with Gasteiger partial charge in [0.25, 0.3) is 0 Å². The van der Waals surface area contributed by atoms with Gasteiger partial charge in [0.15, 0.2) is 5.69 Å². The predicted octanol–water partition coefficient (Wildman–Crippen LogP) is 4.04. The van der Waals surface area contributed by atoms with E-state index in [4.69, 9.17) is 5.14 Å². The van der Waals surface area contributed by atoms with Gasteiger partial charge in [-0.2, -0.15) is 23.4 Å². The van der Waals surface area contributed by atoms with Crippen LogP contribution in [0.15, 0.2) is 59.6 Å². The van der Waals surface area contributed by atoms with E-state index < -0.39 is 27.7 Å². The fourth-order valence-electron chi connectivity index (χ4n) is 3.20. The highest BCUT2D eigenvalue weighted by Gasteiger charge is 2.35. The van der Waals surface area contributed by atoms with Crippen molar-refractivity contribution < 1.29 is 26.0 Å². The SMILES string of the molecule is Cc1c(F)cc(-c2ccn[nH]2)cc1-c1cc(C(F)(F)F)nn1-c1ccc(S(N)(=O)=O)cc1. The van der Waals surface area contributed by atoms with Crippen molar-refractivity contribution in [2.75, 3.05) is 0 Å². The molecule has 0 bridgehead atoms. The van der Waals surface area contributed by atoms with Crippen LogP contribution >= 0.6 is 0 Å². The number of nitrogens with zero attached hydrogens (tertiary/aromatic N) is 3. The van der Waals surface area contributed by atoms with Crippen LogP contribution < -0.4 is 5.14 Å². The van der Waals surface area contributed by atoms with Gasteiger partial charge in [-0.3, -0.25) is 5.10 Å². The van der Waals surface area contributed by atoms with Crippen molar-refractivity contribution in [2.24, 2.45) is 5.14 Å². The number of nitrogens with one attached hydrogen (secondary N) is 1. The monoisotopic (exact) mass is 465 g/mol. The van der Waals surface area contributed by atoms with Crippen molar-refractivity contribution in [3.63, 3.8) is 0 Å². The van der Waals surface area contributed by atoms with Crippen LogP contribution in [0.25, 0.3) is 28.2 Å². The van der Waals surface area contributed by atoms with Gasteiger partial charge in [-0.1, -0.05) is 0 Å². The number of hydrogen-bond acceptors (Lipinski definition) is 4. The summed E-state index contributed by atoms with van der Waals surface area (Å²) in [5.41, 5.74) is 0.0662. The van der Waals surface area contributed by atoms with Gasteiger partial charge in [0.05, 0.1) is 22.0 Å². The van der Waals surface area contributed by atoms with Crippen LogP contribution in [0.4, 0.5) is 17.6 Å². The lowest BCUT2D eigenvalue weighted by Crippen LogP contribution is -2.12. The molecule has 0 unspecified atom stereocenters. The molecular formula is C20H15F4N5O2S. The summed E-state index contributed by atoms with van der Waals surface area (Å²) in [6.07, 6.45) is -3.29. The number of rotatable bonds is 4. The topological polar surface area (TPSA) is 107 Å². The maximum absolute atomic E-state index is 14.7. The van der Waals surface area contributed by atoms with Crippen LogP contribution in [0.3, 0.4) is 0 Å². The molecule has 2 heterocycles. The molecule has 2 aromatic heterocycles. The summed E-state index contributed by atoms with van der Waals surface area (Å²) >= 11 is 0. The minimum atomic E-state index is -4.76. The molecule has 4 rings (SSSR count). The van der Waals surface area contributed by atoms with Gasteiger partial charge in [0, 0.05) is 17.3 Å². The number of H-pyrrole nitrogens is 1. The average molecular weight is 465 g/mol. The second-order valence-corrected chi connectivity index (χ2v) is 8.53. The lowest BCUT2D eigenvalue weighted by atomic mass is 9.99. The lowest BCUT2D eigenvalue weighted by molar-refractivity contribution is -0.141. The van der Waals surface area contributed by atoms with Crippen LogP contribution in [0.1, 0.15) is 11.3 Å². The normalized spacial score (nSPS) is 12.3. The Morgan fingerprint density at radius 3 is 2.31 bits per heavy atom. The van der Waals surface area contributed by atoms with Crippen LogP contribution in [0.2, 0.25) is 0 Å². The highest BCUT2D eigenvalue weighted by molar-refractivity contribution is 7.89. The van der Waals surface area contributed by atoms with Crippen molar-refractivity contribution in [1.82, 2.24) is 20.0 Å². The van der Waals surface area contributed by atoms with Gasteiger partial charge in [-0.15, -0.1) is 0 Å². The van der Waals surface area contributed by atoms with Gasteiger partial charge in [-0.05, 0) is 61.0 Å². The maximum Gasteiger partial charge on any atom is 0.435 e. The van der Waals surface area contributed by atoms with Gasteiger partial charge in [0.1, 0.15) is 5.82 Å². The molecule has 0 saturated heterocycles. The molecule has 0 fully saturated rings. The van der Waals surface area contributed by atoms with Gasteiger partial charge >= 0.3 is 6.18 Å². The van der Waals surface area contributed by atoms with Gasteiger partial charge in [0.2, 0.25) is 10.0 Å². The van der Waals surface area contributed by atoms with E-state index in [0.717, 1.165) is 22.9 Å². The number of halogens is 4. The summed E-state index contributed by atoms with van der Waals surface area (Å²) in [6.45, 7) is 1.44. The van der Waals surface area contributed by atoms with Crippen molar-refractivity contribution in [3.05, 3.63) is 71.8 Å². The number of primary sulfonamides is 1. The Hall–Kier alpha value is -3.51. The molecule has 0 amide bonds. The second kappa shape index (κ2) is 7.57. The van der Waals surface area contributed by atoms with Crippen molar-refractivity contribution in [1.29, 1.82) is 0 Å². The summed E-state index contributed by atoms with van der Waals surface area (Å²) in [5, 5.41) is 15.2. The van der Waals surface area contributed by atoms with E-state index in [1.165, 1.54) is 37.4 Å². The van der Waals surface area contributed by atoms with Crippen molar-refractivity contribution in [2.45, 2.75) is 18.0 Å². The Morgan fingerprint density at radius 1 is 1.06 bits per heavy atom. The van der Waals surface area contributed by atoms with E-state index in [0.29, 0.717) is 11.3 Å². The minimum Gasteiger partial charge on any atom is -0.278 e. The van der Waals surface area contributed by atoms with E-state index >= 15 is 0 Å². The number of hydrogen-bond donors (Lipinski definition) is 2. The first-order chi connectivity index (χ1) is 14.9. The Morgan fingerprint density at radius 2 is 1.75 bits per heavy atom. The van der Waals surface area contributed by atoms with E-state index in [9.17, 15) is 26.0 Å².